The summed E-state index contributed by atoms with van der Waals surface area (Å²) in [6.45, 7) is 4.09. The average Bonchev–Trinajstić information content (AvgIpc) is 2.33. The van der Waals surface area contributed by atoms with Crippen molar-refractivity contribution in [2.45, 2.75) is 20.0 Å². The highest BCUT2D eigenvalue weighted by Gasteiger charge is 2.11. The van der Waals surface area contributed by atoms with Gasteiger partial charge in [0.15, 0.2) is 0 Å². The Morgan fingerprint density at radius 1 is 1.12 bits per heavy atom. The molecule has 3 heteroatoms. The summed E-state index contributed by atoms with van der Waals surface area (Å²) in [5, 5.41) is 10.1. The molecule has 3 nitrogen and oxygen atoms in total. The molecule has 1 N–H and O–H groups in total. The fourth-order valence-corrected chi connectivity index (χ4v) is 1.57. The van der Waals surface area contributed by atoms with Crippen molar-refractivity contribution in [2.75, 3.05) is 0 Å². The molecule has 16 heavy (non-hydrogen) atoms. The van der Waals surface area contributed by atoms with Gasteiger partial charge in [0.25, 0.3) is 0 Å². The van der Waals surface area contributed by atoms with E-state index in [1.807, 2.05) is 25.1 Å². The van der Waals surface area contributed by atoms with Crippen molar-refractivity contribution in [1.82, 2.24) is 9.97 Å². The Balaban J connectivity index is 2.34. The molecule has 2 rings (SSSR count). The van der Waals surface area contributed by atoms with E-state index >= 15 is 0 Å². The molecule has 1 unspecified atom stereocenters. The van der Waals surface area contributed by atoms with Crippen LogP contribution in [-0.4, -0.2) is 15.1 Å². The molecule has 1 heterocycles. The summed E-state index contributed by atoms with van der Waals surface area (Å²) < 4.78 is 0. The fourth-order valence-electron chi connectivity index (χ4n) is 1.57. The lowest BCUT2D eigenvalue weighted by molar-refractivity contribution is 0.215. The Labute approximate surface area is 94.8 Å². The van der Waals surface area contributed by atoms with Crippen LogP contribution in [0.25, 0.3) is 0 Å². The smallest absolute Gasteiger partial charge is 0.121 e. The summed E-state index contributed by atoms with van der Waals surface area (Å²) in [5.74, 6) is 0. The molecule has 0 bridgehead atoms. The molecule has 0 saturated heterocycles. The van der Waals surface area contributed by atoms with E-state index in [9.17, 15) is 5.11 Å². The number of rotatable bonds is 2. The first-order valence-electron chi connectivity index (χ1n) is 5.19. The Hall–Kier alpha value is -1.74. The van der Waals surface area contributed by atoms with Crippen LogP contribution in [-0.2, 0) is 0 Å². The highest BCUT2D eigenvalue weighted by Crippen LogP contribution is 2.21. The van der Waals surface area contributed by atoms with Gasteiger partial charge in [-0.15, -0.1) is 0 Å². The van der Waals surface area contributed by atoms with Gasteiger partial charge >= 0.3 is 0 Å². The van der Waals surface area contributed by atoms with Crippen molar-refractivity contribution in [2.24, 2.45) is 0 Å². The maximum absolute atomic E-state index is 10.1. The van der Waals surface area contributed by atoms with Crippen LogP contribution in [0.5, 0.6) is 0 Å². The van der Waals surface area contributed by atoms with Crippen molar-refractivity contribution in [3.05, 3.63) is 59.2 Å². The quantitative estimate of drug-likeness (QED) is 0.833. The van der Waals surface area contributed by atoms with Crippen molar-refractivity contribution < 1.29 is 5.11 Å². The molecule has 0 aliphatic rings. The van der Waals surface area contributed by atoms with E-state index in [1.165, 1.54) is 17.5 Å². The zero-order valence-corrected chi connectivity index (χ0v) is 9.38. The largest absolute Gasteiger partial charge is 0.382 e. The van der Waals surface area contributed by atoms with Crippen LogP contribution in [0.3, 0.4) is 0 Å². The second-order valence-electron chi connectivity index (χ2n) is 3.88. The third kappa shape index (κ3) is 2.09. The number of aliphatic hydroxyl groups excluding tert-OH is 1. The van der Waals surface area contributed by atoms with Crippen LogP contribution in [0.15, 0.2) is 36.8 Å². The predicted molar refractivity (Wildman–Crippen MR) is 62.0 cm³/mol. The lowest BCUT2D eigenvalue weighted by Crippen LogP contribution is -2.02. The second-order valence-corrected chi connectivity index (χ2v) is 3.88. The first-order valence-corrected chi connectivity index (χ1v) is 5.19. The summed E-state index contributed by atoms with van der Waals surface area (Å²) in [7, 11) is 0. The molecule has 0 spiro atoms. The molecule has 1 aromatic heterocycles. The minimum absolute atomic E-state index is 0.623. The third-order valence-corrected chi connectivity index (χ3v) is 2.73. The van der Waals surface area contributed by atoms with Crippen LogP contribution < -0.4 is 0 Å². The fraction of sp³-hybridized carbons (Fsp3) is 0.231. The number of hydrogen-bond donors (Lipinski definition) is 1. The number of benzene rings is 1. The maximum atomic E-state index is 10.1. The third-order valence-electron chi connectivity index (χ3n) is 2.73. The van der Waals surface area contributed by atoms with Crippen molar-refractivity contribution >= 4 is 0 Å². The predicted octanol–water partition coefficient (Wildman–Crippen LogP) is 2.18. The highest BCUT2D eigenvalue weighted by molar-refractivity contribution is 5.33. The monoisotopic (exact) mass is 214 g/mol. The summed E-state index contributed by atoms with van der Waals surface area (Å²) in [6.07, 6.45) is 2.40. The van der Waals surface area contributed by atoms with Crippen LogP contribution in [0.2, 0.25) is 0 Å². The average molecular weight is 214 g/mol. The molecule has 1 atom stereocenters. The Morgan fingerprint density at radius 3 is 2.56 bits per heavy atom. The number of aromatic nitrogens is 2. The topological polar surface area (TPSA) is 46.0 Å². The van der Waals surface area contributed by atoms with E-state index in [0.29, 0.717) is 5.69 Å². The second kappa shape index (κ2) is 4.41. The van der Waals surface area contributed by atoms with Gasteiger partial charge in [0.1, 0.15) is 12.4 Å². The van der Waals surface area contributed by atoms with Crippen LogP contribution >= 0.6 is 0 Å². The van der Waals surface area contributed by atoms with Gasteiger partial charge in [-0.05, 0) is 36.6 Å². The minimum Gasteiger partial charge on any atom is -0.382 e. The first kappa shape index (κ1) is 10.8. The van der Waals surface area contributed by atoms with Gasteiger partial charge in [-0.2, -0.15) is 0 Å². The molecule has 0 saturated carbocycles. The van der Waals surface area contributed by atoms with E-state index in [4.69, 9.17) is 0 Å². The van der Waals surface area contributed by atoms with E-state index in [-0.39, 0.29) is 0 Å². The molecule has 2 aromatic rings. The lowest BCUT2D eigenvalue weighted by atomic mass is 10.0. The molecule has 0 aliphatic heterocycles. The van der Waals surface area contributed by atoms with Gasteiger partial charge in [0.2, 0.25) is 0 Å². The van der Waals surface area contributed by atoms with Crippen molar-refractivity contribution in [3.63, 3.8) is 0 Å². The molecule has 82 valence electrons. The summed E-state index contributed by atoms with van der Waals surface area (Å²) in [5.41, 5.74) is 3.88. The molecule has 0 amide bonds. The van der Waals surface area contributed by atoms with Crippen LogP contribution in [0.1, 0.15) is 28.5 Å². The maximum Gasteiger partial charge on any atom is 0.121 e. The summed E-state index contributed by atoms with van der Waals surface area (Å²) in [4.78, 5) is 7.88. The van der Waals surface area contributed by atoms with Crippen molar-refractivity contribution in [3.8, 4) is 0 Å². The number of hydrogen-bond acceptors (Lipinski definition) is 3. The van der Waals surface area contributed by atoms with E-state index in [0.717, 1.165) is 5.56 Å². The minimum atomic E-state index is -0.678. The standard InChI is InChI=1S/C13H14N2O/c1-9-3-4-11(7-10(9)2)13(16)12-5-6-14-8-15-12/h3-8,13,16H,1-2H3. The van der Waals surface area contributed by atoms with Crippen LogP contribution in [0.4, 0.5) is 0 Å². The van der Waals surface area contributed by atoms with Gasteiger partial charge in [-0.25, -0.2) is 9.97 Å². The van der Waals surface area contributed by atoms with Crippen LogP contribution in [0, 0.1) is 13.8 Å². The highest BCUT2D eigenvalue weighted by atomic mass is 16.3. The SMILES string of the molecule is Cc1ccc(C(O)c2ccncn2)cc1C. The zero-order valence-electron chi connectivity index (χ0n) is 9.38. The zero-order chi connectivity index (χ0) is 11.5. The lowest BCUT2D eigenvalue weighted by Gasteiger charge is -2.11. The van der Waals surface area contributed by atoms with Gasteiger partial charge in [0, 0.05) is 6.20 Å². The Bertz CT molecular complexity index is 483. The van der Waals surface area contributed by atoms with E-state index < -0.39 is 6.10 Å². The normalized spacial score (nSPS) is 12.4. The number of nitrogens with zero attached hydrogens (tertiary/aromatic N) is 2. The molecular weight excluding hydrogens is 200 g/mol. The number of aryl methyl sites for hydroxylation is 2. The molecule has 0 radical (unpaired) electrons. The van der Waals surface area contributed by atoms with E-state index in [2.05, 4.69) is 16.9 Å². The molecule has 1 aromatic carbocycles. The molecular formula is C13H14N2O. The summed E-state index contributed by atoms with van der Waals surface area (Å²) >= 11 is 0. The van der Waals surface area contributed by atoms with Gasteiger partial charge in [0.05, 0.1) is 5.69 Å². The van der Waals surface area contributed by atoms with Gasteiger partial charge in [-0.3, -0.25) is 0 Å². The van der Waals surface area contributed by atoms with Gasteiger partial charge < -0.3 is 5.11 Å². The van der Waals surface area contributed by atoms with Crippen molar-refractivity contribution in [1.29, 1.82) is 0 Å². The van der Waals surface area contributed by atoms with E-state index in [1.54, 1.807) is 12.3 Å². The Kier molecular flexibility index (Phi) is 2.97. The molecule has 0 aliphatic carbocycles. The van der Waals surface area contributed by atoms with Gasteiger partial charge in [-0.1, -0.05) is 18.2 Å². The summed E-state index contributed by atoms with van der Waals surface area (Å²) in [6, 6.07) is 7.64. The first-order chi connectivity index (χ1) is 7.68. The Morgan fingerprint density at radius 2 is 1.94 bits per heavy atom. The molecule has 0 fully saturated rings. The number of aliphatic hydroxyl groups is 1.